The highest BCUT2D eigenvalue weighted by molar-refractivity contribution is 4.91. The van der Waals surface area contributed by atoms with Crippen LogP contribution in [0.4, 0.5) is 0 Å². The van der Waals surface area contributed by atoms with Gasteiger partial charge in [-0.15, -0.1) is 5.10 Å². The molecule has 84 valence electrons. The van der Waals surface area contributed by atoms with Gasteiger partial charge in [0.05, 0.1) is 5.69 Å². The summed E-state index contributed by atoms with van der Waals surface area (Å²) in [5.74, 6) is 1.80. The highest BCUT2D eigenvalue weighted by Crippen LogP contribution is 2.29. The van der Waals surface area contributed by atoms with E-state index in [4.69, 9.17) is 0 Å². The Labute approximate surface area is 91.1 Å². The lowest BCUT2D eigenvalue weighted by molar-refractivity contribution is 0.469. The first kappa shape index (κ1) is 10.6. The molecule has 0 amide bonds. The van der Waals surface area contributed by atoms with E-state index in [1.165, 1.54) is 19.3 Å². The molecule has 1 aromatic rings. The molecule has 0 aliphatic heterocycles. The van der Waals surface area contributed by atoms with E-state index in [0.717, 1.165) is 30.6 Å². The maximum absolute atomic E-state index is 4.05. The van der Waals surface area contributed by atoms with Gasteiger partial charge in [0.15, 0.2) is 0 Å². The zero-order chi connectivity index (χ0) is 10.7. The maximum Gasteiger partial charge on any atom is 0.0964 e. The van der Waals surface area contributed by atoms with Crippen molar-refractivity contribution in [1.82, 2.24) is 20.3 Å². The molecule has 1 heterocycles. The number of rotatable bonds is 4. The third-order valence-electron chi connectivity index (χ3n) is 3.19. The molecule has 15 heavy (non-hydrogen) atoms. The summed E-state index contributed by atoms with van der Waals surface area (Å²) in [4.78, 5) is 0. The molecule has 1 aromatic heterocycles. The smallest absolute Gasteiger partial charge is 0.0964 e. The fraction of sp³-hybridized carbons (Fsp3) is 0.818. The molecular formula is C11H20N4. The summed E-state index contributed by atoms with van der Waals surface area (Å²) in [7, 11) is 1.90. The lowest BCUT2D eigenvalue weighted by atomic mass is 10.1. The van der Waals surface area contributed by atoms with Crippen molar-refractivity contribution in [3.05, 3.63) is 11.9 Å². The highest BCUT2D eigenvalue weighted by Gasteiger charge is 2.20. The predicted molar refractivity (Wildman–Crippen MR) is 59.2 cm³/mol. The highest BCUT2D eigenvalue weighted by atomic mass is 15.4. The topological polar surface area (TPSA) is 42.7 Å². The zero-order valence-corrected chi connectivity index (χ0v) is 9.61. The van der Waals surface area contributed by atoms with Crippen molar-refractivity contribution in [2.75, 3.05) is 6.54 Å². The van der Waals surface area contributed by atoms with Gasteiger partial charge >= 0.3 is 0 Å². The van der Waals surface area contributed by atoms with E-state index in [1.54, 1.807) is 4.68 Å². The van der Waals surface area contributed by atoms with E-state index < -0.39 is 0 Å². The van der Waals surface area contributed by atoms with Crippen LogP contribution in [0.25, 0.3) is 0 Å². The van der Waals surface area contributed by atoms with E-state index in [9.17, 15) is 0 Å². The maximum atomic E-state index is 4.05. The van der Waals surface area contributed by atoms with E-state index >= 15 is 0 Å². The quantitative estimate of drug-likeness (QED) is 0.812. The van der Waals surface area contributed by atoms with Crippen LogP contribution in [0, 0.1) is 11.8 Å². The summed E-state index contributed by atoms with van der Waals surface area (Å²) in [6.07, 6.45) is 6.13. The summed E-state index contributed by atoms with van der Waals surface area (Å²) >= 11 is 0. The Morgan fingerprint density at radius 2 is 2.40 bits per heavy atom. The van der Waals surface area contributed by atoms with Crippen molar-refractivity contribution in [3.8, 4) is 0 Å². The molecule has 0 saturated heterocycles. The standard InChI is InChI=1S/C11H20N4/c1-9-3-4-10(5-9)6-12-7-11-8-15(2)14-13-11/h8-10,12H,3-7H2,1-2H3. The van der Waals surface area contributed by atoms with Crippen molar-refractivity contribution >= 4 is 0 Å². The van der Waals surface area contributed by atoms with Gasteiger partial charge in [-0.25, -0.2) is 0 Å². The fourth-order valence-corrected chi connectivity index (χ4v) is 2.39. The molecular weight excluding hydrogens is 188 g/mol. The summed E-state index contributed by atoms with van der Waals surface area (Å²) in [5, 5.41) is 11.4. The van der Waals surface area contributed by atoms with Gasteiger partial charge < -0.3 is 5.32 Å². The zero-order valence-electron chi connectivity index (χ0n) is 9.61. The molecule has 4 heteroatoms. The molecule has 4 nitrogen and oxygen atoms in total. The molecule has 0 spiro atoms. The average Bonchev–Trinajstić information content (AvgIpc) is 2.76. The third kappa shape index (κ3) is 3.02. The molecule has 1 aliphatic rings. The van der Waals surface area contributed by atoms with Crippen molar-refractivity contribution in [1.29, 1.82) is 0 Å². The Kier molecular flexibility index (Phi) is 3.36. The number of hydrogen-bond acceptors (Lipinski definition) is 3. The first-order valence-electron chi connectivity index (χ1n) is 5.80. The summed E-state index contributed by atoms with van der Waals surface area (Å²) in [5.41, 5.74) is 1.03. The van der Waals surface area contributed by atoms with E-state index in [1.807, 2.05) is 13.2 Å². The summed E-state index contributed by atoms with van der Waals surface area (Å²) in [6, 6.07) is 0. The second kappa shape index (κ2) is 4.75. The van der Waals surface area contributed by atoms with Gasteiger partial charge in [-0.3, -0.25) is 4.68 Å². The molecule has 2 atom stereocenters. The van der Waals surface area contributed by atoms with Gasteiger partial charge in [0.25, 0.3) is 0 Å². The van der Waals surface area contributed by atoms with E-state index in [-0.39, 0.29) is 0 Å². The van der Waals surface area contributed by atoms with Gasteiger partial charge in [0.1, 0.15) is 0 Å². The van der Waals surface area contributed by atoms with Crippen LogP contribution < -0.4 is 5.32 Å². The second-order valence-electron chi connectivity index (χ2n) is 4.80. The van der Waals surface area contributed by atoms with Gasteiger partial charge in [-0.05, 0) is 31.2 Å². The van der Waals surface area contributed by atoms with Crippen LogP contribution >= 0.6 is 0 Å². The Morgan fingerprint density at radius 3 is 3.00 bits per heavy atom. The lowest BCUT2D eigenvalue weighted by Crippen LogP contribution is -2.21. The van der Waals surface area contributed by atoms with Crippen molar-refractivity contribution in [3.63, 3.8) is 0 Å². The van der Waals surface area contributed by atoms with Crippen LogP contribution in [0.3, 0.4) is 0 Å². The van der Waals surface area contributed by atoms with Crippen molar-refractivity contribution in [2.45, 2.75) is 32.7 Å². The van der Waals surface area contributed by atoms with Gasteiger partial charge in [-0.1, -0.05) is 18.6 Å². The van der Waals surface area contributed by atoms with E-state index in [0.29, 0.717) is 0 Å². The number of hydrogen-bond donors (Lipinski definition) is 1. The molecule has 2 rings (SSSR count). The molecule has 0 radical (unpaired) electrons. The van der Waals surface area contributed by atoms with Crippen molar-refractivity contribution in [2.24, 2.45) is 18.9 Å². The van der Waals surface area contributed by atoms with Gasteiger partial charge in [-0.2, -0.15) is 0 Å². The molecule has 0 bridgehead atoms. The number of nitrogens with zero attached hydrogens (tertiary/aromatic N) is 3. The number of aryl methyl sites for hydroxylation is 1. The minimum Gasteiger partial charge on any atom is -0.311 e. The molecule has 1 saturated carbocycles. The van der Waals surface area contributed by atoms with Gasteiger partial charge in [0.2, 0.25) is 0 Å². The molecule has 2 unspecified atom stereocenters. The Hall–Kier alpha value is -0.900. The molecule has 1 aliphatic carbocycles. The first-order valence-corrected chi connectivity index (χ1v) is 5.80. The lowest BCUT2D eigenvalue weighted by Gasteiger charge is -2.09. The van der Waals surface area contributed by atoms with Crippen LogP contribution in [0.15, 0.2) is 6.20 Å². The molecule has 1 N–H and O–H groups in total. The summed E-state index contributed by atoms with van der Waals surface area (Å²) < 4.78 is 1.74. The van der Waals surface area contributed by atoms with E-state index in [2.05, 4.69) is 22.6 Å². The van der Waals surface area contributed by atoms with Crippen LogP contribution in [-0.4, -0.2) is 21.5 Å². The number of aromatic nitrogens is 3. The Bertz CT molecular complexity index is 307. The third-order valence-corrected chi connectivity index (χ3v) is 3.19. The van der Waals surface area contributed by atoms with Crippen LogP contribution in [-0.2, 0) is 13.6 Å². The largest absolute Gasteiger partial charge is 0.311 e. The van der Waals surface area contributed by atoms with Crippen LogP contribution in [0.2, 0.25) is 0 Å². The van der Waals surface area contributed by atoms with Gasteiger partial charge in [0, 0.05) is 19.8 Å². The monoisotopic (exact) mass is 208 g/mol. The fourth-order valence-electron chi connectivity index (χ4n) is 2.39. The minimum absolute atomic E-state index is 0.846. The predicted octanol–water partition coefficient (Wildman–Crippen LogP) is 1.34. The average molecular weight is 208 g/mol. The Morgan fingerprint density at radius 1 is 1.53 bits per heavy atom. The SMILES string of the molecule is CC1CCC(CNCc2cn(C)nn2)C1. The van der Waals surface area contributed by atoms with Crippen LogP contribution in [0.1, 0.15) is 31.9 Å². The number of nitrogens with one attached hydrogen (secondary N) is 1. The Balaban J connectivity index is 1.67. The normalized spacial score (nSPS) is 26.0. The molecule has 0 aromatic carbocycles. The van der Waals surface area contributed by atoms with Crippen molar-refractivity contribution < 1.29 is 0 Å². The van der Waals surface area contributed by atoms with Crippen LogP contribution in [0.5, 0.6) is 0 Å². The first-order chi connectivity index (χ1) is 7.24. The summed E-state index contributed by atoms with van der Waals surface area (Å²) in [6.45, 7) is 4.32. The second-order valence-corrected chi connectivity index (χ2v) is 4.80. The minimum atomic E-state index is 0.846. The molecule has 1 fully saturated rings.